The summed E-state index contributed by atoms with van der Waals surface area (Å²) in [7, 11) is 0. The Morgan fingerprint density at radius 2 is 1.00 bits per heavy atom. The Bertz CT molecular complexity index is 844. The minimum absolute atomic E-state index is 0.128. The van der Waals surface area contributed by atoms with Crippen LogP contribution in [0, 0.1) is 0 Å². The minimum Gasteiger partial charge on any atom is -0.353 e. The first-order valence-electron chi connectivity index (χ1n) is 9.47. The summed E-state index contributed by atoms with van der Waals surface area (Å²) in [5.41, 5.74) is 0. The quantitative estimate of drug-likeness (QED) is 0.478. The predicted octanol–water partition coefficient (Wildman–Crippen LogP) is 3.03. The number of alkyl halides is 1. The van der Waals surface area contributed by atoms with Crippen molar-refractivity contribution >= 4 is 69.6 Å². The topological polar surface area (TPSA) is 82.1 Å². The Hall–Kier alpha value is -0.870. The summed E-state index contributed by atoms with van der Waals surface area (Å²) in [6.07, 6.45) is 0. The molecule has 0 bridgehead atoms. The SMILES string of the molecule is Clc1nc(C(Cl)c2nc(Cl)c(Cl)c(N3CCNCC3)n2)nc(N2CCNCC2)c1Cl. The highest BCUT2D eigenvalue weighted by atomic mass is 35.5. The third-order valence-corrected chi connectivity index (χ3v) is 6.73. The molecule has 30 heavy (non-hydrogen) atoms. The highest BCUT2D eigenvalue weighted by molar-refractivity contribution is 6.43. The van der Waals surface area contributed by atoms with E-state index in [2.05, 4.69) is 30.6 Å². The van der Waals surface area contributed by atoms with Gasteiger partial charge >= 0.3 is 0 Å². The molecule has 8 nitrogen and oxygen atoms in total. The molecule has 0 spiro atoms. The first-order chi connectivity index (χ1) is 14.5. The fraction of sp³-hybridized carbons (Fsp3) is 0.529. The van der Waals surface area contributed by atoms with Crippen molar-refractivity contribution in [2.45, 2.75) is 5.38 Å². The van der Waals surface area contributed by atoms with Crippen LogP contribution < -0.4 is 20.4 Å². The van der Waals surface area contributed by atoms with E-state index in [1.54, 1.807) is 0 Å². The van der Waals surface area contributed by atoms with Crippen LogP contribution in [-0.4, -0.2) is 72.3 Å². The summed E-state index contributed by atoms with van der Waals surface area (Å²) in [6.45, 7) is 6.27. The Labute approximate surface area is 199 Å². The van der Waals surface area contributed by atoms with Crippen molar-refractivity contribution in [2.24, 2.45) is 0 Å². The molecule has 2 aromatic rings. The van der Waals surface area contributed by atoms with E-state index in [4.69, 9.17) is 58.0 Å². The average molecular weight is 513 g/mol. The second-order valence-corrected chi connectivity index (χ2v) is 8.77. The normalized spacial score (nSPS) is 17.7. The molecule has 0 aliphatic carbocycles. The molecule has 0 saturated carbocycles. The van der Waals surface area contributed by atoms with E-state index in [1.165, 1.54) is 0 Å². The van der Waals surface area contributed by atoms with Crippen molar-refractivity contribution < 1.29 is 0 Å². The van der Waals surface area contributed by atoms with Crippen molar-refractivity contribution in [3.8, 4) is 0 Å². The van der Waals surface area contributed by atoms with Gasteiger partial charge in [-0.3, -0.25) is 0 Å². The van der Waals surface area contributed by atoms with Gasteiger partial charge in [-0.1, -0.05) is 46.4 Å². The maximum absolute atomic E-state index is 6.69. The smallest absolute Gasteiger partial charge is 0.158 e. The van der Waals surface area contributed by atoms with Crippen LogP contribution in [0.1, 0.15) is 17.0 Å². The first-order valence-corrected chi connectivity index (χ1v) is 11.4. The second-order valence-electron chi connectivity index (χ2n) is 6.86. The number of halogens is 5. The fourth-order valence-electron chi connectivity index (χ4n) is 3.36. The lowest BCUT2D eigenvalue weighted by Gasteiger charge is -2.30. The lowest BCUT2D eigenvalue weighted by Crippen LogP contribution is -2.44. The van der Waals surface area contributed by atoms with Crippen molar-refractivity contribution in [3.63, 3.8) is 0 Å². The molecule has 0 atom stereocenters. The molecule has 0 amide bonds. The van der Waals surface area contributed by atoms with Gasteiger partial charge in [0.25, 0.3) is 0 Å². The Kier molecular flexibility index (Phi) is 7.24. The highest BCUT2D eigenvalue weighted by Crippen LogP contribution is 2.36. The summed E-state index contributed by atoms with van der Waals surface area (Å²) < 4.78 is 0. The van der Waals surface area contributed by atoms with Crippen molar-refractivity contribution in [2.75, 3.05) is 62.2 Å². The van der Waals surface area contributed by atoms with E-state index < -0.39 is 5.38 Å². The molecule has 4 heterocycles. The number of nitrogens with zero attached hydrogens (tertiary/aromatic N) is 6. The number of anilines is 2. The lowest BCUT2D eigenvalue weighted by molar-refractivity contribution is 0.582. The number of hydrogen-bond donors (Lipinski definition) is 2. The van der Waals surface area contributed by atoms with E-state index in [1.807, 2.05) is 9.80 Å². The summed E-state index contributed by atoms with van der Waals surface area (Å²) in [5.74, 6) is 1.59. The molecular formula is C17H19Cl5N8. The van der Waals surface area contributed by atoms with Gasteiger partial charge in [0.2, 0.25) is 0 Å². The molecule has 4 rings (SSSR count). The molecule has 2 saturated heterocycles. The standard InChI is InChI=1S/C17H19Cl5N8/c18-9-12(21)25-14(27-16(9)29-5-1-23-2-6-29)11(20)15-26-13(22)10(19)17(28-15)30-7-3-24-4-8-30/h11,23-24H,1-8H2. The molecule has 162 valence electrons. The zero-order valence-electron chi connectivity index (χ0n) is 15.8. The lowest BCUT2D eigenvalue weighted by atomic mass is 10.3. The van der Waals surface area contributed by atoms with Gasteiger partial charge in [0, 0.05) is 52.4 Å². The van der Waals surface area contributed by atoms with Gasteiger partial charge in [-0.25, -0.2) is 19.9 Å². The number of piperazine rings is 2. The van der Waals surface area contributed by atoms with Gasteiger partial charge in [0.1, 0.15) is 10.0 Å². The van der Waals surface area contributed by atoms with Gasteiger partial charge in [-0.05, 0) is 0 Å². The number of aromatic nitrogens is 4. The third-order valence-electron chi connectivity index (χ3n) is 4.91. The van der Waals surface area contributed by atoms with E-state index in [0.29, 0.717) is 21.7 Å². The van der Waals surface area contributed by atoms with E-state index >= 15 is 0 Å². The van der Waals surface area contributed by atoms with Crippen LogP contribution in [0.4, 0.5) is 11.6 Å². The summed E-state index contributed by atoms with van der Waals surface area (Å²) in [4.78, 5) is 21.8. The van der Waals surface area contributed by atoms with E-state index in [0.717, 1.165) is 52.4 Å². The monoisotopic (exact) mass is 510 g/mol. The Morgan fingerprint density at radius 1 is 0.633 bits per heavy atom. The van der Waals surface area contributed by atoms with Crippen LogP contribution >= 0.6 is 58.0 Å². The molecule has 13 heteroatoms. The zero-order valence-corrected chi connectivity index (χ0v) is 19.6. The van der Waals surface area contributed by atoms with Crippen molar-refractivity contribution in [1.82, 2.24) is 30.6 Å². The molecule has 2 aliphatic rings. The molecule has 2 aromatic heterocycles. The van der Waals surface area contributed by atoms with Crippen molar-refractivity contribution in [3.05, 3.63) is 32.0 Å². The van der Waals surface area contributed by atoms with Crippen molar-refractivity contribution in [1.29, 1.82) is 0 Å². The summed E-state index contributed by atoms with van der Waals surface area (Å²) in [5, 5.41) is 6.54. The van der Waals surface area contributed by atoms with E-state index in [-0.39, 0.29) is 22.0 Å². The van der Waals surface area contributed by atoms with Gasteiger partial charge < -0.3 is 20.4 Å². The maximum atomic E-state index is 6.69. The van der Waals surface area contributed by atoms with E-state index in [9.17, 15) is 0 Å². The summed E-state index contributed by atoms with van der Waals surface area (Å²) in [6, 6.07) is 0. The molecular weight excluding hydrogens is 494 g/mol. The molecule has 2 N–H and O–H groups in total. The molecule has 0 radical (unpaired) electrons. The minimum atomic E-state index is -0.877. The molecule has 2 aliphatic heterocycles. The third kappa shape index (κ3) is 4.65. The number of nitrogens with one attached hydrogen (secondary N) is 2. The summed E-state index contributed by atoms with van der Waals surface area (Å²) >= 11 is 32.0. The van der Waals surface area contributed by atoms with Crippen LogP contribution in [0.3, 0.4) is 0 Å². The number of hydrogen-bond acceptors (Lipinski definition) is 8. The highest BCUT2D eigenvalue weighted by Gasteiger charge is 2.27. The molecule has 0 unspecified atom stereocenters. The predicted molar refractivity (Wildman–Crippen MR) is 122 cm³/mol. The number of rotatable bonds is 4. The Balaban J connectivity index is 1.69. The van der Waals surface area contributed by atoms with Gasteiger partial charge in [-0.2, -0.15) is 0 Å². The average Bonchev–Trinajstić information content (AvgIpc) is 2.78. The van der Waals surface area contributed by atoms with Crippen LogP contribution in [0.25, 0.3) is 0 Å². The first kappa shape index (κ1) is 22.3. The zero-order chi connectivity index (χ0) is 21.3. The maximum Gasteiger partial charge on any atom is 0.158 e. The van der Waals surface area contributed by atoms with Gasteiger partial charge in [-0.15, -0.1) is 11.6 Å². The van der Waals surface area contributed by atoms with Gasteiger partial charge in [0.15, 0.2) is 39.0 Å². The van der Waals surface area contributed by atoms with Crippen LogP contribution in [0.2, 0.25) is 20.4 Å². The van der Waals surface area contributed by atoms with Crippen LogP contribution in [0.15, 0.2) is 0 Å². The molecule has 2 fully saturated rings. The van der Waals surface area contributed by atoms with Gasteiger partial charge in [0.05, 0.1) is 0 Å². The van der Waals surface area contributed by atoms with Crippen LogP contribution in [-0.2, 0) is 0 Å². The second kappa shape index (κ2) is 9.73. The fourth-order valence-corrected chi connectivity index (χ4v) is 4.31. The van der Waals surface area contributed by atoms with Crippen LogP contribution in [0.5, 0.6) is 0 Å². The Morgan fingerprint density at radius 3 is 1.37 bits per heavy atom. The molecule has 0 aromatic carbocycles. The largest absolute Gasteiger partial charge is 0.353 e.